The topological polar surface area (TPSA) is 63.4 Å². The van der Waals surface area contributed by atoms with Gasteiger partial charge in [-0.3, -0.25) is 0 Å². The van der Waals surface area contributed by atoms with Crippen LogP contribution in [0.1, 0.15) is 5.56 Å². The first-order valence-corrected chi connectivity index (χ1v) is 8.68. The van der Waals surface area contributed by atoms with E-state index in [0.29, 0.717) is 15.2 Å². The average Bonchev–Trinajstić information content (AvgIpc) is 2.43. The highest BCUT2D eigenvalue weighted by molar-refractivity contribution is 9.10. The molecule has 0 saturated carbocycles. The lowest BCUT2D eigenvalue weighted by atomic mass is 10.2. The largest absolute Gasteiger partial charge is 0.399 e. The van der Waals surface area contributed by atoms with Crippen molar-refractivity contribution in [2.75, 3.05) is 12.8 Å². The SMILES string of the molecule is CN(Cc1ccccc1Cl)S(=O)(=O)c1cc(N)ccc1Br. The summed E-state index contributed by atoms with van der Waals surface area (Å²) >= 11 is 9.32. The zero-order valence-electron chi connectivity index (χ0n) is 11.3. The van der Waals surface area contributed by atoms with Crippen LogP contribution in [0.25, 0.3) is 0 Å². The van der Waals surface area contributed by atoms with Gasteiger partial charge in [0.2, 0.25) is 10.0 Å². The van der Waals surface area contributed by atoms with E-state index in [1.165, 1.54) is 17.4 Å². The third kappa shape index (κ3) is 3.58. The molecule has 0 radical (unpaired) electrons. The van der Waals surface area contributed by atoms with Crippen molar-refractivity contribution >= 4 is 43.2 Å². The Morgan fingerprint density at radius 1 is 1.24 bits per heavy atom. The minimum Gasteiger partial charge on any atom is -0.399 e. The number of nitrogens with zero attached hydrogens (tertiary/aromatic N) is 1. The van der Waals surface area contributed by atoms with Gasteiger partial charge in [-0.2, -0.15) is 4.31 Å². The van der Waals surface area contributed by atoms with Gasteiger partial charge in [0.1, 0.15) is 0 Å². The molecular weight excluding hydrogens is 376 g/mol. The predicted molar refractivity (Wildman–Crippen MR) is 88.7 cm³/mol. The fourth-order valence-corrected chi connectivity index (χ4v) is 4.14. The number of halogens is 2. The van der Waals surface area contributed by atoms with E-state index in [4.69, 9.17) is 17.3 Å². The highest BCUT2D eigenvalue weighted by Gasteiger charge is 2.24. The molecule has 0 aliphatic heterocycles. The van der Waals surface area contributed by atoms with Crippen molar-refractivity contribution in [3.63, 3.8) is 0 Å². The zero-order valence-corrected chi connectivity index (χ0v) is 14.4. The van der Waals surface area contributed by atoms with Crippen LogP contribution in [-0.2, 0) is 16.6 Å². The molecule has 4 nitrogen and oxygen atoms in total. The first-order valence-electron chi connectivity index (χ1n) is 6.07. The van der Waals surface area contributed by atoms with E-state index >= 15 is 0 Å². The maximum atomic E-state index is 12.6. The van der Waals surface area contributed by atoms with Crippen molar-refractivity contribution < 1.29 is 8.42 Å². The molecule has 0 aliphatic carbocycles. The third-order valence-electron chi connectivity index (χ3n) is 2.99. The number of hydrogen-bond acceptors (Lipinski definition) is 3. The van der Waals surface area contributed by atoms with Gasteiger partial charge < -0.3 is 5.73 Å². The van der Waals surface area contributed by atoms with E-state index in [9.17, 15) is 8.42 Å². The molecule has 0 fully saturated rings. The third-order valence-corrected chi connectivity index (χ3v) is 6.16. The highest BCUT2D eigenvalue weighted by atomic mass is 79.9. The summed E-state index contributed by atoms with van der Waals surface area (Å²) in [6, 6.07) is 11.8. The molecule has 112 valence electrons. The molecule has 2 aromatic rings. The maximum absolute atomic E-state index is 12.6. The van der Waals surface area contributed by atoms with Gasteiger partial charge in [0.15, 0.2) is 0 Å². The lowest BCUT2D eigenvalue weighted by molar-refractivity contribution is 0.466. The maximum Gasteiger partial charge on any atom is 0.244 e. The van der Waals surface area contributed by atoms with Crippen molar-refractivity contribution in [2.24, 2.45) is 0 Å². The molecule has 0 saturated heterocycles. The molecule has 2 rings (SSSR count). The fraction of sp³-hybridized carbons (Fsp3) is 0.143. The summed E-state index contributed by atoms with van der Waals surface area (Å²) < 4.78 is 27.0. The second-order valence-electron chi connectivity index (χ2n) is 4.54. The van der Waals surface area contributed by atoms with Crippen molar-refractivity contribution in [1.29, 1.82) is 0 Å². The van der Waals surface area contributed by atoms with Crippen molar-refractivity contribution in [1.82, 2.24) is 4.31 Å². The van der Waals surface area contributed by atoms with E-state index in [1.807, 2.05) is 6.07 Å². The van der Waals surface area contributed by atoms with Crippen LogP contribution in [0.4, 0.5) is 5.69 Å². The van der Waals surface area contributed by atoms with Crippen LogP contribution in [0.2, 0.25) is 5.02 Å². The summed E-state index contributed by atoms with van der Waals surface area (Å²) in [5.74, 6) is 0. The lowest BCUT2D eigenvalue weighted by Crippen LogP contribution is -2.27. The summed E-state index contributed by atoms with van der Waals surface area (Å²) in [6.45, 7) is 0.184. The molecule has 0 heterocycles. The van der Waals surface area contributed by atoms with E-state index in [2.05, 4.69) is 15.9 Å². The molecule has 0 spiro atoms. The molecule has 0 atom stereocenters. The van der Waals surface area contributed by atoms with E-state index in [-0.39, 0.29) is 11.4 Å². The molecule has 21 heavy (non-hydrogen) atoms. The van der Waals surface area contributed by atoms with Crippen molar-refractivity contribution in [2.45, 2.75) is 11.4 Å². The quantitative estimate of drug-likeness (QED) is 0.814. The summed E-state index contributed by atoms with van der Waals surface area (Å²) in [5, 5.41) is 0.534. The van der Waals surface area contributed by atoms with Gasteiger partial charge in [0.25, 0.3) is 0 Å². The summed E-state index contributed by atoms with van der Waals surface area (Å²) in [4.78, 5) is 0.136. The Bertz CT molecular complexity index is 765. The Balaban J connectivity index is 2.35. The number of nitrogen functional groups attached to an aromatic ring is 1. The van der Waals surface area contributed by atoms with Gasteiger partial charge in [-0.05, 0) is 45.8 Å². The summed E-state index contributed by atoms with van der Waals surface area (Å²) in [6.07, 6.45) is 0. The van der Waals surface area contributed by atoms with Gasteiger partial charge in [0, 0.05) is 28.8 Å². The second kappa shape index (κ2) is 6.36. The van der Waals surface area contributed by atoms with Crippen LogP contribution in [0.5, 0.6) is 0 Å². The normalized spacial score (nSPS) is 11.8. The van der Waals surface area contributed by atoms with Gasteiger partial charge in [-0.15, -0.1) is 0 Å². The molecule has 2 N–H and O–H groups in total. The average molecular weight is 390 g/mol. The first kappa shape index (κ1) is 16.3. The van der Waals surface area contributed by atoms with Crippen LogP contribution < -0.4 is 5.73 Å². The van der Waals surface area contributed by atoms with E-state index in [0.717, 1.165) is 5.56 Å². The van der Waals surface area contributed by atoms with Crippen molar-refractivity contribution in [3.05, 3.63) is 57.5 Å². The number of benzene rings is 2. The molecule has 7 heteroatoms. The molecule has 0 bridgehead atoms. The first-order chi connectivity index (χ1) is 9.82. The van der Waals surface area contributed by atoms with Gasteiger partial charge in [0.05, 0.1) is 4.90 Å². The standard InChI is InChI=1S/C14H14BrClN2O2S/c1-18(9-10-4-2-3-5-13(10)16)21(19,20)14-8-11(17)6-7-12(14)15/h2-8H,9,17H2,1H3. The number of rotatable bonds is 4. The van der Waals surface area contributed by atoms with Gasteiger partial charge in [-0.25, -0.2) is 8.42 Å². The Morgan fingerprint density at radius 3 is 2.57 bits per heavy atom. The number of nitrogens with two attached hydrogens (primary N) is 1. The van der Waals surface area contributed by atoms with Crippen LogP contribution in [0, 0.1) is 0 Å². The number of hydrogen-bond donors (Lipinski definition) is 1. The Hall–Kier alpha value is -1.08. The van der Waals surface area contributed by atoms with E-state index in [1.54, 1.807) is 30.3 Å². The monoisotopic (exact) mass is 388 g/mol. The minimum atomic E-state index is -3.66. The lowest BCUT2D eigenvalue weighted by Gasteiger charge is -2.19. The Morgan fingerprint density at radius 2 is 1.90 bits per heavy atom. The minimum absolute atomic E-state index is 0.136. The van der Waals surface area contributed by atoms with Gasteiger partial charge >= 0.3 is 0 Å². The van der Waals surface area contributed by atoms with Crippen LogP contribution in [0.15, 0.2) is 51.8 Å². The Kier molecular flexibility index (Phi) is 4.93. The van der Waals surface area contributed by atoms with Crippen LogP contribution in [0.3, 0.4) is 0 Å². The number of sulfonamides is 1. The summed E-state index contributed by atoms with van der Waals surface area (Å²) in [7, 11) is -2.15. The molecular formula is C14H14BrClN2O2S. The molecule has 2 aromatic carbocycles. The zero-order chi connectivity index (χ0) is 15.6. The van der Waals surface area contributed by atoms with Crippen molar-refractivity contribution in [3.8, 4) is 0 Å². The second-order valence-corrected chi connectivity index (χ2v) is 7.82. The van der Waals surface area contributed by atoms with Crippen LogP contribution >= 0.6 is 27.5 Å². The highest BCUT2D eigenvalue weighted by Crippen LogP contribution is 2.28. The Labute approximate surface area is 137 Å². The van der Waals surface area contributed by atoms with Gasteiger partial charge in [-0.1, -0.05) is 29.8 Å². The fourth-order valence-electron chi connectivity index (χ4n) is 1.84. The van der Waals surface area contributed by atoms with Crippen LogP contribution in [-0.4, -0.2) is 19.8 Å². The molecule has 0 aliphatic rings. The molecule has 0 unspecified atom stereocenters. The smallest absolute Gasteiger partial charge is 0.244 e. The predicted octanol–water partition coefficient (Wildman–Crippen LogP) is 3.51. The summed E-state index contributed by atoms with van der Waals surface area (Å²) in [5.41, 5.74) is 6.81. The van der Waals surface area contributed by atoms with E-state index < -0.39 is 10.0 Å². The molecule has 0 amide bonds. The molecule has 0 aromatic heterocycles. The number of anilines is 1.